The number of halogens is 2. The van der Waals surface area contributed by atoms with Crippen LogP contribution in [0.25, 0.3) is 0 Å². The number of anilines is 2. The van der Waals surface area contributed by atoms with Crippen LogP contribution in [0.3, 0.4) is 0 Å². The molecule has 1 aliphatic carbocycles. The van der Waals surface area contributed by atoms with Crippen molar-refractivity contribution >= 4 is 50.7 Å². The Labute approximate surface area is 171 Å². The summed E-state index contributed by atoms with van der Waals surface area (Å²) in [4.78, 5) is 24.5. The SMILES string of the molecule is Cc1c(NC(=O)C2CC2)cccc1NC(=O)C(C)Oc1ccc(Cl)cc1Br. The highest BCUT2D eigenvalue weighted by Crippen LogP contribution is 2.32. The molecule has 7 heteroatoms. The highest BCUT2D eigenvalue weighted by molar-refractivity contribution is 9.10. The molecule has 0 aliphatic heterocycles. The van der Waals surface area contributed by atoms with Gasteiger partial charge in [0.1, 0.15) is 5.75 Å². The Hall–Kier alpha value is -2.05. The van der Waals surface area contributed by atoms with Crippen molar-refractivity contribution in [3.63, 3.8) is 0 Å². The van der Waals surface area contributed by atoms with Crippen LogP contribution in [0.1, 0.15) is 25.3 Å². The second-order valence-electron chi connectivity index (χ2n) is 6.57. The molecule has 0 bridgehead atoms. The van der Waals surface area contributed by atoms with Gasteiger partial charge in [0.25, 0.3) is 5.91 Å². The predicted molar refractivity (Wildman–Crippen MR) is 110 cm³/mol. The number of benzene rings is 2. The first-order chi connectivity index (χ1) is 12.8. The lowest BCUT2D eigenvalue weighted by Crippen LogP contribution is -2.30. The molecule has 1 aliphatic rings. The molecule has 1 saturated carbocycles. The molecule has 2 aromatic carbocycles. The molecular formula is C20H20BrClN2O3. The van der Waals surface area contributed by atoms with Crippen molar-refractivity contribution in [1.29, 1.82) is 0 Å². The van der Waals surface area contributed by atoms with E-state index < -0.39 is 6.10 Å². The van der Waals surface area contributed by atoms with Crippen LogP contribution in [-0.2, 0) is 9.59 Å². The van der Waals surface area contributed by atoms with Crippen LogP contribution in [0.2, 0.25) is 5.02 Å². The van der Waals surface area contributed by atoms with Crippen molar-refractivity contribution in [3.05, 3.63) is 51.5 Å². The monoisotopic (exact) mass is 450 g/mol. The number of carbonyl (C=O) groups excluding carboxylic acids is 2. The van der Waals surface area contributed by atoms with Gasteiger partial charge in [-0.05, 0) is 78.5 Å². The molecule has 0 aromatic heterocycles. The molecule has 27 heavy (non-hydrogen) atoms. The Balaban J connectivity index is 1.66. The number of hydrogen-bond acceptors (Lipinski definition) is 3. The highest BCUT2D eigenvalue weighted by atomic mass is 79.9. The van der Waals surface area contributed by atoms with E-state index >= 15 is 0 Å². The summed E-state index contributed by atoms with van der Waals surface area (Å²) >= 11 is 9.29. The largest absolute Gasteiger partial charge is 0.480 e. The van der Waals surface area contributed by atoms with Gasteiger partial charge in [0.2, 0.25) is 5.91 Å². The lowest BCUT2D eigenvalue weighted by Gasteiger charge is -2.18. The van der Waals surface area contributed by atoms with E-state index in [0.717, 1.165) is 18.4 Å². The van der Waals surface area contributed by atoms with Crippen LogP contribution in [0.4, 0.5) is 11.4 Å². The van der Waals surface area contributed by atoms with Crippen molar-refractivity contribution in [2.45, 2.75) is 32.8 Å². The van der Waals surface area contributed by atoms with E-state index in [1.165, 1.54) is 0 Å². The van der Waals surface area contributed by atoms with E-state index in [0.29, 0.717) is 26.6 Å². The van der Waals surface area contributed by atoms with Crippen LogP contribution in [-0.4, -0.2) is 17.9 Å². The van der Waals surface area contributed by atoms with Gasteiger partial charge in [-0.3, -0.25) is 9.59 Å². The lowest BCUT2D eigenvalue weighted by atomic mass is 10.1. The van der Waals surface area contributed by atoms with Crippen molar-refractivity contribution in [2.75, 3.05) is 10.6 Å². The van der Waals surface area contributed by atoms with Crippen LogP contribution in [0.5, 0.6) is 5.75 Å². The predicted octanol–water partition coefficient (Wildman–Crippen LogP) is 5.17. The van der Waals surface area contributed by atoms with E-state index in [-0.39, 0.29) is 17.7 Å². The molecule has 1 unspecified atom stereocenters. The Morgan fingerprint density at radius 1 is 1.19 bits per heavy atom. The zero-order valence-electron chi connectivity index (χ0n) is 15.0. The average molecular weight is 452 g/mol. The molecule has 142 valence electrons. The molecule has 5 nitrogen and oxygen atoms in total. The zero-order chi connectivity index (χ0) is 19.6. The van der Waals surface area contributed by atoms with Crippen molar-refractivity contribution in [1.82, 2.24) is 0 Å². The standard InChI is InChI=1S/C20H20BrClN2O3/c1-11-16(4-3-5-17(11)24-20(26)13-6-7-13)23-19(25)12(2)27-18-9-8-14(22)10-15(18)21/h3-5,8-10,12-13H,6-7H2,1-2H3,(H,23,25)(H,24,26). The van der Waals surface area contributed by atoms with Crippen molar-refractivity contribution in [3.8, 4) is 5.75 Å². The number of hydrogen-bond donors (Lipinski definition) is 2. The third-order valence-corrected chi connectivity index (χ3v) is 5.22. The van der Waals surface area contributed by atoms with Crippen LogP contribution >= 0.6 is 27.5 Å². The number of rotatable bonds is 6. The van der Waals surface area contributed by atoms with Gasteiger partial charge in [-0.25, -0.2) is 0 Å². The maximum absolute atomic E-state index is 12.5. The maximum Gasteiger partial charge on any atom is 0.265 e. The van der Waals surface area contributed by atoms with Crippen molar-refractivity contribution in [2.24, 2.45) is 5.92 Å². The van der Waals surface area contributed by atoms with Crippen LogP contribution in [0, 0.1) is 12.8 Å². The second-order valence-corrected chi connectivity index (χ2v) is 7.86. The van der Waals surface area contributed by atoms with Gasteiger partial charge in [-0.15, -0.1) is 0 Å². The van der Waals surface area contributed by atoms with Gasteiger partial charge < -0.3 is 15.4 Å². The van der Waals surface area contributed by atoms with Gasteiger partial charge in [0.15, 0.2) is 6.10 Å². The number of amides is 2. The van der Waals surface area contributed by atoms with E-state index in [1.54, 1.807) is 37.3 Å². The fourth-order valence-corrected chi connectivity index (χ4v) is 3.31. The smallest absolute Gasteiger partial charge is 0.265 e. The van der Waals surface area contributed by atoms with Gasteiger partial charge >= 0.3 is 0 Å². The minimum Gasteiger partial charge on any atom is -0.480 e. The summed E-state index contributed by atoms with van der Waals surface area (Å²) in [6.45, 7) is 3.53. The minimum absolute atomic E-state index is 0.0332. The van der Waals surface area contributed by atoms with Crippen LogP contribution < -0.4 is 15.4 Å². The first kappa shape index (κ1) is 19.7. The first-order valence-electron chi connectivity index (χ1n) is 8.68. The molecule has 2 aromatic rings. The molecule has 0 radical (unpaired) electrons. The molecule has 1 atom stereocenters. The summed E-state index contributed by atoms with van der Waals surface area (Å²) in [6.07, 6.45) is 1.17. The fraction of sp³-hybridized carbons (Fsp3) is 0.300. The third kappa shape index (κ3) is 5.02. The molecule has 0 saturated heterocycles. The summed E-state index contributed by atoms with van der Waals surface area (Å²) in [5, 5.41) is 6.37. The Morgan fingerprint density at radius 3 is 2.48 bits per heavy atom. The highest BCUT2D eigenvalue weighted by Gasteiger charge is 2.30. The zero-order valence-corrected chi connectivity index (χ0v) is 17.4. The summed E-state index contributed by atoms with van der Waals surface area (Å²) in [5.74, 6) is 0.398. The molecule has 1 fully saturated rings. The number of ether oxygens (including phenoxy) is 1. The Bertz CT molecular complexity index is 884. The lowest BCUT2D eigenvalue weighted by molar-refractivity contribution is -0.122. The minimum atomic E-state index is -0.716. The molecule has 3 rings (SSSR count). The van der Waals surface area contributed by atoms with E-state index in [1.807, 2.05) is 13.0 Å². The van der Waals surface area contributed by atoms with Crippen molar-refractivity contribution < 1.29 is 14.3 Å². The van der Waals surface area contributed by atoms with Gasteiger partial charge in [0, 0.05) is 22.3 Å². The van der Waals surface area contributed by atoms with E-state index in [4.69, 9.17) is 16.3 Å². The Kier molecular flexibility index (Phi) is 6.07. The van der Waals surface area contributed by atoms with Gasteiger partial charge in [-0.1, -0.05) is 17.7 Å². The Morgan fingerprint density at radius 2 is 1.85 bits per heavy atom. The van der Waals surface area contributed by atoms with Crippen LogP contribution in [0.15, 0.2) is 40.9 Å². The normalized spacial score (nSPS) is 14.4. The number of carbonyl (C=O) groups is 2. The third-order valence-electron chi connectivity index (χ3n) is 4.36. The second kappa shape index (κ2) is 8.31. The molecule has 2 amide bonds. The first-order valence-corrected chi connectivity index (χ1v) is 9.85. The summed E-state index contributed by atoms with van der Waals surface area (Å²) < 4.78 is 6.40. The summed E-state index contributed by atoms with van der Waals surface area (Å²) in [7, 11) is 0. The number of nitrogens with one attached hydrogen (secondary N) is 2. The van der Waals surface area contributed by atoms with Gasteiger partial charge in [0.05, 0.1) is 4.47 Å². The van der Waals surface area contributed by atoms with E-state index in [2.05, 4.69) is 26.6 Å². The molecular weight excluding hydrogens is 432 g/mol. The summed E-state index contributed by atoms with van der Waals surface area (Å²) in [5.41, 5.74) is 2.15. The summed E-state index contributed by atoms with van der Waals surface area (Å²) in [6, 6.07) is 10.5. The molecule has 2 N–H and O–H groups in total. The van der Waals surface area contributed by atoms with E-state index in [9.17, 15) is 9.59 Å². The average Bonchev–Trinajstić information content (AvgIpc) is 3.46. The maximum atomic E-state index is 12.5. The fourth-order valence-electron chi connectivity index (χ4n) is 2.54. The topological polar surface area (TPSA) is 67.4 Å². The molecule has 0 spiro atoms. The molecule has 0 heterocycles. The van der Waals surface area contributed by atoms with Gasteiger partial charge in [-0.2, -0.15) is 0 Å². The quantitative estimate of drug-likeness (QED) is 0.637.